The summed E-state index contributed by atoms with van der Waals surface area (Å²) in [5.74, 6) is 0. The van der Waals surface area contributed by atoms with Crippen molar-refractivity contribution in [3.63, 3.8) is 0 Å². The van der Waals surface area contributed by atoms with Crippen LogP contribution in [0.5, 0.6) is 0 Å². The van der Waals surface area contributed by atoms with Crippen LogP contribution < -0.4 is 0 Å². The summed E-state index contributed by atoms with van der Waals surface area (Å²) in [5, 5.41) is 9.14. The Kier molecular flexibility index (Phi) is 2.82. The van der Waals surface area contributed by atoms with Crippen molar-refractivity contribution in [2.75, 3.05) is 0 Å². The van der Waals surface area contributed by atoms with Crippen LogP contribution in [0.2, 0.25) is 0 Å². The van der Waals surface area contributed by atoms with Crippen molar-refractivity contribution >= 4 is 19.7 Å². The summed E-state index contributed by atoms with van der Waals surface area (Å²) in [4.78, 5) is 0. The molecule has 1 unspecified atom stereocenters. The normalized spacial score (nSPS) is 24.7. The molecule has 90 valence electrons. The average molecular weight is 267 g/mol. The van der Waals surface area contributed by atoms with Gasteiger partial charge < -0.3 is 5.11 Å². The van der Waals surface area contributed by atoms with E-state index in [2.05, 4.69) is 0 Å². The van der Waals surface area contributed by atoms with Gasteiger partial charge in [0.25, 0.3) is 0 Å². The minimum absolute atomic E-state index is 0.0606. The number of rotatable bonds is 3. The van der Waals surface area contributed by atoms with Crippen molar-refractivity contribution in [1.82, 2.24) is 0 Å². The largest absolute Gasteiger partial charge is 0.416 e. The van der Waals surface area contributed by atoms with Crippen LogP contribution in [0.25, 0.3) is 0 Å². The lowest BCUT2D eigenvalue weighted by molar-refractivity contribution is -0.255. The number of hydrogen-bond acceptors (Lipinski definition) is 3. The predicted molar refractivity (Wildman–Crippen MR) is 48.0 cm³/mol. The highest BCUT2D eigenvalue weighted by molar-refractivity contribution is 8.15. The molecule has 1 fully saturated rings. The molecular weight excluding hydrogens is 257 g/mol. The Bertz CT molecular complexity index is 356. The first-order chi connectivity index (χ1) is 6.41. The Balaban J connectivity index is 2.89. The van der Waals surface area contributed by atoms with E-state index in [1.54, 1.807) is 0 Å². The van der Waals surface area contributed by atoms with Crippen LogP contribution in [-0.2, 0) is 9.05 Å². The number of aliphatic hydroxyl groups is 1. The third-order valence-electron chi connectivity index (χ3n) is 2.60. The number of alkyl halides is 3. The summed E-state index contributed by atoms with van der Waals surface area (Å²) in [7, 11) is 0.965. The highest BCUT2D eigenvalue weighted by atomic mass is 35.7. The van der Waals surface area contributed by atoms with E-state index >= 15 is 0 Å². The Morgan fingerprint density at radius 2 is 1.80 bits per heavy atom. The second-order valence-electron chi connectivity index (χ2n) is 4.07. The van der Waals surface area contributed by atoms with Crippen LogP contribution in [0.15, 0.2) is 0 Å². The van der Waals surface area contributed by atoms with Gasteiger partial charge in [-0.3, -0.25) is 0 Å². The maximum Gasteiger partial charge on any atom is 0.416 e. The lowest BCUT2D eigenvalue weighted by atomic mass is 9.98. The molecule has 0 spiro atoms. The maximum atomic E-state index is 12.3. The predicted octanol–water partition coefficient (Wildman–Crippen LogP) is 1.79. The first-order valence-electron chi connectivity index (χ1n) is 4.15. The number of halogens is 4. The van der Waals surface area contributed by atoms with Gasteiger partial charge in [0, 0.05) is 17.1 Å². The summed E-state index contributed by atoms with van der Waals surface area (Å²) < 4.78 is 57.3. The van der Waals surface area contributed by atoms with Crippen LogP contribution >= 0.6 is 10.7 Å². The van der Waals surface area contributed by atoms with E-state index in [0.717, 1.165) is 0 Å². The molecule has 1 aliphatic rings. The topological polar surface area (TPSA) is 54.4 Å². The fraction of sp³-hybridized carbons (Fsp3) is 1.00. The smallest absolute Gasteiger partial charge is 0.381 e. The van der Waals surface area contributed by atoms with Gasteiger partial charge in [0.05, 0.1) is 4.75 Å². The van der Waals surface area contributed by atoms with Gasteiger partial charge in [0.2, 0.25) is 9.05 Å². The van der Waals surface area contributed by atoms with Gasteiger partial charge in [0.15, 0.2) is 5.60 Å². The fourth-order valence-electron chi connectivity index (χ4n) is 1.37. The molecular formula is C7H10ClF3O3S. The Morgan fingerprint density at radius 1 is 1.40 bits per heavy atom. The monoisotopic (exact) mass is 266 g/mol. The first kappa shape index (κ1) is 13.1. The van der Waals surface area contributed by atoms with Crippen LogP contribution in [-0.4, -0.2) is 30.0 Å². The summed E-state index contributed by atoms with van der Waals surface area (Å²) >= 11 is 0. The van der Waals surface area contributed by atoms with E-state index in [4.69, 9.17) is 15.8 Å². The van der Waals surface area contributed by atoms with Crippen molar-refractivity contribution in [3.05, 3.63) is 0 Å². The minimum Gasteiger partial charge on any atom is -0.381 e. The SMILES string of the molecule is CC(O)(CC1(S(=O)(=O)Cl)CC1)C(F)(F)F. The molecule has 0 aromatic rings. The Hall–Kier alpha value is -0.0100. The van der Waals surface area contributed by atoms with Crippen LogP contribution in [0.3, 0.4) is 0 Å². The van der Waals surface area contributed by atoms with Gasteiger partial charge in [-0.1, -0.05) is 0 Å². The zero-order valence-corrected chi connectivity index (χ0v) is 9.38. The molecule has 3 nitrogen and oxygen atoms in total. The zero-order valence-electron chi connectivity index (χ0n) is 7.81. The van der Waals surface area contributed by atoms with Crippen molar-refractivity contribution in [3.8, 4) is 0 Å². The van der Waals surface area contributed by atoms with Crippen molar-refractivity contribution in [2.24, 2.45) is 0 Å². The Labute approximate surface area is 89.6 Å². The van der Waals surface area contributed by atoms with E-state index in [0.29, 0.717) is 6.92 Å². The average Bonchev–Trinajstić information content (AvgIpc) is 2.62. The molecule has 1 rings (SSSR count). The lowest BCUT2D eigenvalue weighted by Gasteiger charge is -2.29. The van der Waals surface area contributed by atoms with Gasteiger partial charge in [-0.05, 0) is 19.8 Å². The Morgan fingerprint density at radius 3 is 2.00 bits per heavy atom. The van der Waals surface area contributed by atoms with E-state index in [9.17, 15) is 21.6 Å². The van der Waals surface area contributed by atoms with Crippen molar-refractivity contribution in [2.45, 2.75) is 42.7 Å². The van der Waals surface area contributed by atoms with E-state index in [1.165, 1.54) is 0 Å². The van der Waals surface area contributed by atoms with Crippen LogP contribution in [0.1, 0.15) is 26.2 Å². The van der Waals surface area contributed by atoms with Gasteiger partial charge in [-0.15, -0.1) is 0 Å². The fourth-order valence-corrected chi connectivity index (χ4v) is 3.04. The summed E-state index contributed by atoms with van der Waals surface area (Å²) in [6, 6.07) is 0. The molecule has 1 saturated carbocycles. The molecule has 8 heteroatoms. The molecule has 0 aromatic heterocycles. The quantitative estimate of drug-likeness (QED) is 0.793. The van der Waals surface area contributed by atoms with Crippen molar-refractivity contribution < 1.29 is 26.7 Å². The minimum atomic E-state index is -4.86. The molecule has 0 aliphatic heterocycles. The molecule has 15 heavy (non-hydrogen) atoms. The van der Waals surface area contributed by atoms with E-state index in [1.807, 2.05) is 0 Å². The van der Waals surface area contributed by atoms with E-state index < -0.39 is 32.0 Å². The van der Waals surface area contributed by atoms with E-state index in [-0.39, 0.29) is 12.8 Å². The standard InChI is InChI=1S/C7H10ClF3O3S/c1-5(12,7(9,10)11)4-6(2-3-6)15(8,13)14/h12H,2-4H2,1H3. The molecule has 0 saturated heterocycles. The second kappa shape index (κ2) is 3.24. The van der Waals surface area contributed by atoms with Gasteiger partial charge >= 0.3 is 6.18 Å². The van der Waals surface area contributed by atoms with Crippen LogP contribution in [0, 0.1) is 0 Å². The molecule has 1 aliphatic carbocycles. The van der Waals surface area contributed by atoms with Crippen molar-refractivity contribution in [1.29, 1.82) is 0 Å². The first-order valence-corrected chi connectivity index (χ1v) is 6.46. The molecule has 1 atom stereocenters. The molecule has 0 heterocycles. The molecule has 0 radical (unpaired) electrons. The molecule has 0 bridgehead atoms. The zero-order chi connectivity index (χ0) is 12.1. The van der Waals surface area contributed by atoms with Gasteiger partial charge in [-0.2, -0.15) is 13.2 Å². The van der Waals surface area contributed by atoms with Crippen LogP contribution in [0.4, 0.5) is 13.2 Å². The highest BCUT2D eigenvalue weighted by Gasteiger charge is 2.62. The summed E-state index contributed by atoms with van der Waals surface area (Å²) in [6.07, 6.45) is -5.64. The molecule has 0 amide bonds. The third kappa shape index (κ3) is 2.39. The lowest BCUT2D eigenvalue weighted by Crippen LogP contribution is -2.46. The molecule has 1 N–H and O–H groups in total. The summed E-state index contributed by atoms with van der Waals surface area (Å²) in [6.45, 7) is 0.551. The second-order valence-corrected chi connectivity index (χ2v) is 7.03. The molecule has 0 aromatic carbocycles. The highest BCUT2D eigenvalue weighted by Crippen LogP contribution is 2.53. The van der Waals surface area contributed by atoms with Gasteiger partial charge in [-0.25, -0.2) is 8.42 Å². The summed E-state index contributed by atoms with van der Waals surface area (Å²) in [5.41, 5.74) is -3.02. The third-order valence-corrected chi connectivity index (χ3v) is 5.17. The maximum absolute atomic E-state index is 12.3. The number of hydrogen-bond donors (Lipinski definition) is 1. The van der Waals surface area contributed by atoms with Gasteiger partial charge in [0.1, 0.15) is 0 Å².